The first-order valence-corrected chi connectivity index (χ1v) is 6.62. The highest BCUT2D eigenvalue weighted by atomic mass is 16.5. The summed E-state index contributed by atoms with van der Waals surface area (Å²) in [5.74, 6) is 1.35. The molecular weight excluding hydrogens is 256 g/mol. The van der Waals surface area contributed by atoms with E-state index < -0.39 is 0 Å². The maximum atomic E-state index is 11.4. The molecule has 5 heteroatoms. The van der Waals surface area contributed by atoms with Crippen LogP contribution in [0, 0.1) is 6.92 Å². The molecule has 1 N–H and O–H groups in total. The Bertz CT molecular complexity index is 650. The number of hydrogen-bond acceptors (Lipinski definition) is 4. The largest absolute Gasteiger partial charge is 0.490 e. The molecule has 0 aliphatic rings. The first-order valence-electron chi connectivity index (χ1n) is 6.62. The summed E-state index contributed by atoms with van der Waals surface area (Å²) in [5, 5.41) is 0. The van der Waals surface area contributed by atoms with Crippen molar-refractivity contribution in [2.24, 2.45) is 0 Å². The summed E-state index contributed by atoms with van der Waals surface area (Å²) in [5.41, 5.74) is 1.86. The molecule has 0 atom stereocenters. The van der Waals surface area contributed by atoms with Crippen molar-refractivity contribution in [3.63, 3.8) is 0 Å². The molecule has 1 aromatic carbocycles. The van der Waals surface area contributed by atoms with E-state index in [0.717, 1.165) is 11.3 Å². The number of aromatic nitrogens is 2. The maximum absolute atomic E-state index is 11.4. The van der Waals surface area contributed by atoms with Crippen molar-refractivity contribution in [2.45, 2.75) is 20.8 Å². The van der Waals surface area contributed by atoms with E-state index in [-0.39, 0.29) is 5.69 Å². The van der Waals surface area contributed by atoms with Gasteiger partial charge in [0.1, 0.15) is 0 Å². The predicted molar refractivity (Wildman–Crippen MR) is 77.4 cm³/mol. The van der Waals surface area contributed by atoms with E-state index >= 15 is 0 Å². The lowest BCUT2D eigenvalue weighted by Gasteiger charge is -2.12. The van der Waals surface area contributed by atoms with Gasteiger partial charge in [0, 0.05) is 11.3 Å². The Hall–Kier alpha value is -2.30. The lowest BCUT2D eigenvalue weighted by atomic mass is 10.1. The molecule has 0 radical (unpaired) electrons. The van der Waals surface area contributed by atoms with Gasteiger partial charge in [-0.2, -0.15) is 4.98 Å². The van der Waals surface area contributed by atoms with Crippen LogP contribution in [0.2, 0.25) is 0 Å². The van der Waals surface area contributed by atoms with Gasteiger partial charge in [-0.25, -0.2) is 4.79 Å². The number of aryl methyl sites for hydroxylation is 1. The van der Waals surface area contributed by atoms with E-state index in [1.54, 1.807) is 0 Å². The molecule has 2 rings (SSSR count). The van der Waals surface area contributed by atoms with Gasteiger partial charge in [0.25, 0.3) is 0 Å². The molecule has 0 fully saturated rings. The van der Waals surface area contributed by atoms with Gasteiger partial charge >= 0.3 is 5.69 Å². The van der Waals surface area contributed by atoms with Gasteiger partial charge in [-0.05, 0) is 45.0 Å². The molecule has 0 unspecified atom stereocenters. The summed E-state index contributed by atoms with van der Waals surface area (Å²) in [7, 11) is 0. The van der Waals surface area contributed by atoms with Crippen LogP contribution in [0.15, 0.2) is 29.1 Å². The molecule has 0 bridgehead atoms. The smallest absolute Gasteiger partial charge is 0.345 e. The zero-order valence-corrected chi connectivity index (χ0v) is 11.9. The first-order chi connectivity index (χ1) is 9.63. The lowest BCUT2D eigenvalue weighted by Crippen LogP contribution is -2.12. The van der Waals surface area contributed by atoms with Crippen molar-refractivity contribution in [2.75, 3.05) is 13.2 Å². The average Bonchev–Trinajstić information content (AvgIpc) is 2.40. The Labute approximate surface area is 117 Å². The minimum atomic E-state index is -0.355. The molecule has 5 nitrogen and oxygen atoms in total. The van der Waals surface area contributed by atoms with Crippen molar-refractivity contribution in [3.8, 4) is 22.8 Å². The number of benzene rings is 1. The van der Waals surface area contributed by atoms with Crippen LogP contribution in [0.3, 0.4) is 0 Å². The SMILES string of the molecule is CCOc1ccc(-c2cc(C)[nH]c(=O)n2)cc1OCC. The van der Waals surface area contributed by atoms with Gasteiger partial charge in [-0.1, -0.05) is 0 Å². The topological polar surface area (TPSA) is 64.2 Å². The highest BCUT2D eigenvalue weighted by Gasteiger charge is 2.09. The second-order valence-corrected chi connectivity index (χ2v) is 4.28. The summed E-state index contributed by atoms with van der Waals surface area (Å²) in [6.07, 6.45) is 0. The second kappa shape index (κ2) is 6.23. The Balaban J connectivity index is 2.46. The molecular formula is C15H18N2O3. The van der Waals surface area contributed by atoms with Crippen LogP contribution in [0.1, 0.15) is 19.5 Å². The highest BCUT2D eigenvalue weighted by Crippen LogP contribution is 2.32. The third kappa shape index (κ3) is 3.17. The summed E-state index contributed by atoms with van der Waals surface area (Å²) in [6.45, 7) is 6.78. The van der Waals surface area contributed by atoms with Crippen molar-refractivity contribution >= 4 is 0 Å². The molecule has 0 saturated heterocycles. The number of H-pyrrole nitrogens is 1. The third-order valence-electron chi connectivity index (χ3n) is 2.72. The number of nitrogens with zero attached hydrogens (tertiary/aromatic N) is 1. The van der Waals surface area contributed by atoms with Gasteiger partial charge in [0.2, 0.25) is 0 Å². The molecule has 0 spiro atoms. The van der Waals surface area contributed by atoms with E-state index in [9.17, 15) is 4.79 Å². The van der Waals surface area contributed by atoms with Gasteiger partial charge in [-0.3, -0.25) is 0 Å². The molecule has 20 heavy (non-hydrogen) atoms. The molecule has 106 valence electrons. The van der Waals surface area contributed by atoms with Crippen LogP contribution < -0.4 is 15.2 Å². The number of ether oxygens (including phenoxy) is 2. The fraction of sp³-hybridized carbons (Fsp3) is 0.333. The molecule has 0 saturated carbocycles. The Morgan fingerprint density at radius 1 is 1.10 bits per heavy atom. The quantitative estimate of drug-likeness (QED) is 0.910. The van der Waals surface area contributed by atoms with Crippen LogP contribution in [0.25, 0.3) is 11.3 Å². The minimum absolute atomic E-state index is 0.355. The van der Waals surface area contributed by atoms with Gasteiger partial charge in [0.15, 0.2) is 11.5 Å². The van der Waals surface area contributed by atoms with E-state index in [2.05, 4.69) is 9.97 Å². The summed E-state index contributed by atoms with van der Waals surface area (Å²) < 4.78 is 11.1. The molecule has 1 aromatic heterocycles. The van der Waals surface area contributed by atoms with Crippen LogP contribution in [-0.4, -0.2) is 23.2 Å². The number of rotatable bonds is 5. The normalized spacial score (nSPS) is 10.3. The second-order valence-electron chi connectivity index (χ2n) is 4.28. The van der Waals surface area contributed by atoms with Gasteiger partial charge < -0.3 is 14.5 Å². The molecule has 0 aliphatic heterocycles. The van der Waals surface area contributed by atoms with Crippen LogP contribution in [-0.2, 0) is 0 Å². The van der Waals surface area contributed by atoms with Crippen LogP contribution in [0.4, 0.5) is 0 Å². The van der Waals surface area contributed by atoms with E-state index in [4.69, 9.17) is 9.47 Å². The summed E-state index contributed by atoms with van der Waals surface area (Å²) in [6, 6.07) is 7.37. The van der Waals surface area contributed by atoms with Crippen molar-refractivity contribution in [1.82, 2.24) is 9.97 Å². The van der Waals surface area contributed by atoms with Crippen molar-refractivity contribution < 1.29 is 9.47 Å². The van der Waals surface area contributed by atoms with Crippen LogP contribution >= 0.6 is 0 Å². The summed E-state index contributed by atoms with van der Waals surface area (Å²) in [4.78, 5) is 18.0. The van der Waals surface area contributed by atoms with E-state index in [1.165, 1.54) is 0 Å². The van der Waals surface area contributed by atoms with Crippen molar-refractivity contribution in [1.29, 1.82) is 0 Å². The first kappa shape index (κ1) is 14.1. The average molecular weight is 274 g/mol. The Kier molecular flexibility index (Phi) is 4.40. The maximum Gasteiger partial charge on any atom is 0.345 e. The third-order valence-corrected chi connectivity index (χ3v) is 2.72. The van der Waals surface area contributed by atoms with E-state index in [1.807, 2.05) is 45.0 Å². The zero-order valence-electron chi connectivity index (χ0n) is 11.9. The number of aromatic amines is 1. The molecule has 2 aromatic rings. The minimum Gasteiger partial charge on any atom is -0.490 e. The molecule has 1 heterocycles. The predicted octanol–water partition coefficient (Wildman–Crippen LogP) is 2.54. The summed E-state index contributed by atoms with van der Waals surface area (Å²) >= 11 is 0. The molecule has 0 amide bonds. The van der Waals surface area contributed by atoms with E-state index in [0.29, 0.717) is 30.4 Å². The number of nitrogens with one attached hydrogen (secondary N) is 1. The fourth-order valence-electron chi connectivity index (χ4n) is 1.94. The highest BCUT2D eigenvalue weighted by molar-refractivity contribution is 5.64. The van der Waals surface area contributed by atoms with Crippen molar-refractivity contribution in [3.05, 3.63) is 40.4 Å². The Morgan fingerprint density at radius 3 is 2.45 bits per heavy atom. The monoisotopic (exact) mass is 274 g/mol. The van der Waals surface area contributed by atoms with Gasteiger partial charge in [-0.15, -0.1) is 0 Å². The lowest BCUT2D eigenvalue weighted by molar-refractivity contribution is 0.288. The fourth-order valence-corrected chi connectivity index (χ4v) is 1.94. The number of hydrogen-bond donors (Lipinski definition) is 1. The Morgan fingerprint density at radius 2 is 1.80 bits per heavy atom. The molecule has 0 aliphatic carbocycles. The van der Waals surface area contributed by atoms with Crippen LogP contribution in [0.5, 0.6) is 11.5 Å². The van der Waals surface area contributed by atoms with Gasteiger partial charge in [0.05, 0.1) is 18.9 Å². The zero-order chi connectivity index (χ0) is 14.5. The standard InChI is InChI=1S/C15H18N2O3/c1-4-19-13-7-6-11(9-14(13)20-5-2)12-8-10(3)16-15(18)17-12/h6-9H,4-5H2,1-3H3,(H,16,17,18).